The number of guanidine groups is 1. The predicted octanol–water partition coefficient (Wildman–Crippen LogP) is 2.29. The Morgan fingerprint density at radius 2 is 1.81 bits per heavy atom. The molecule has 0 saturated carbocycles. The lowest BCUT2D eigenvalue weighted by atomic mass is 9.88. The van der Waals surface area contributed by atoms with Gasteiger partial charge in [-0.3, -0.25) is 14.8 Å². The number of nitrogens with zero attached hydrogens (tertiary/aromatic N) is 3. The molecule has 7 heteroatoms. The lowest BCUT2D eigenvalue weighted by molar-refractivity contribution is -0.0139. The van der Waals surface area contributed by atoms with Crippen LogP contribution in [0.2, 0.25) is 0 Å². The average molecular weight is 493 g/mol. The zero-order chi connectivity index (χ0) is 18.2. The van der Waals surface area contributed by atoms with E-state index in [2.05, 4.69) is 34.3 Å². The van der Waals surface area contributed by atoms with Crippen LogP contribution < -0.4 is 10.6 Å². The van der Waals surface area contributed by atoms with Gasteiger partial charge in [-0.25, -0.2) is 0 Å². The molecule has 0 aromatic carbocycles. The van der Waals surface area contributed by atoms with E-state index in [0.717, 1.165) is 58.2 Å². The Kier molecular flexibility index (Phi) is 10.1. The van der Waals surface area contributed by atoms with Gasteiger partial charge in [-0.15, -0.1) is 24.0 Å². The molecule has 158 valence electrons. The summed E-state index contributed by atoms with van der Waals surface area (Å²) in [6.45, 7) is 13.8. The van der Waals surface area contributed by atoms with E-state index in [-0.39, 0.29) is 29.5 Å². The van der Waals surface area contributed by atoms with Crippen LogP contribution in [0.3, 0.4) is 0 Å². The second-order valence-corrected chi connectivity index (χ2v) is 8.03. The molecular formula is C20H40IN5O. The summed E-state index contributed by atoms with van der Waals surface area (Å²) < 4.78 is 5.67. The minimum atomic E-state index is 0. The minimum absolute atomic E-state index is 0. The summed E-state index contributed by atoms with van der Waals surface area (Å²) >= 11 is 0. The quantitative estimate of drug-likeness (QED) is 0.324. The van der Waals surface area contributed by atoms with Gasteiger partial charge in [0.1, 0.15) is 0 Å². The molecule has 1 atom stereocenters. The maximum absolute atomic E-state index is 5.67. The summed E-state index contributed by atoms with van der Waals surface area (Å²) in [5, 5.41) is 7.08. The van der Waals surface area contributed by atoms with Gasteiger partial charge in [0.05, 0.1) is 6.54 Å². The first-order chi connectivity index (χ1) is 12.8. The molecule has 1 unspecified atom stereocenters. The number of halogens is 1. The number of rotatable bonds is 7. The first kappa shape index (κ1) is 23.2. The molecule has 0 radical (unpaired) electrons. The SMILES string of the molecule is CCNC(=NCC1(N2CCCC2)CCOCC1)NCC1CCCN1CC.I. The molecule has 3 rings (SSSR count). The Bertz CT molecular complexity index is 450. The number of hydrogen-bond acceptors (Lipinski definition) is 4. The van der Waals surface area contributed by atoms with Crippen LogP contribution in [0.1, 0.15) is 52.4 Å². The molecule has 27 heavy (non-hydrogen) atoms. The van der Waals surface area contributed by atoms with Gasteiger partial charge in [-0.05, 0) is 71.6 Å². The molecule has 0 amide bonds. The van der Waals surface area contributed by atoms with Gasteiger partial charge >= 0.3 is 0 Å². The van der Waals surface area contributed by atoms with Crippen LogP contribution in [0.5, 0.6) is 0 Å². The second-order valence-electron chi connectivity index (χ2n) is 8.03. The normalized spacial score (nSPS) is 26.7. The fourth-order valence-corrected chi connectivity index (χ4v) is 4.84. The molecule has 0 spiro atoms. The fourth-order valence-electron chi connectivity index (χ4n) is 4.84. The Balaban J connectivity index is 0.00000261. The molecule has 6 nitrogen and oxygen atoms in total. The summed E-state index contributed by atoms with van der Waals surface area (Å²) in [5.41, 5.74) is 0.208. The van der Waals surface area contributed by atoms with E-state index < -0.39 is 0 Å². The molecule has 2 N–H and O–H groups in total. The van der Waals surface area contributed by atoms with Crippen LogP contribution >= 0.6 is 24.0 Å². The number of likely N-dealkylation sites (N-methyl/N-ethyl adjacent to an activating group) is 1. The van der Waals surface area contributed by atoms with E-state index in [1.54, 1.807) is 0 Å². The third-order valence-corrected chi connectivity index (χ3v) is 6.49. The van der Waals surface area contributed by atoms with Crippen molar-refractivity contribution in [1.82, 2.24) is 20.4 Å². The summed E-state index contributed by atoms with van der Waals surface area (Å²) in [5.74, 6) is 0.987. The average Bonchev–Trinajstić information content (AvgIpc) is 3.36. The van der Waals surface area contributed by atoms with Gasteiger partial charge in [0.2, 0.25) is 0 Å². The number of aliphatic imine (C=N–C) groups is 1. The standard InChI is InChI=1S/C20H39N5O.HI/c1-3-21-19(22-16-18-8-7-11-24(18)4-2)23-17-20(9-14-26-15-10-20)25-12-5-6-13-25;/h18H,3-17H2,1-2H3,(H2,21,22,23);1H. The summed E-state index contributed by atoms with van der Waals surface area (Å²) in [6.07, 6.45) is 7.52. The van der Waals surface area contributed by atoms with Gasteiger partial charge in [0, 0.05) is 37.9 Å². The van der Waals surface area contributed by atoms with Gasteiger partial charge in [-0.2, -0.15) is 0 Å². The van der Waals surface area contributed by atoms with Crippen molar-refractivity contribution < 1.29 is 4.74 Å². The maximum Gasteiger partial charge on any atom is 0.191 e. The van der Waals surface area contributed by atoms with E-state index in [1.165, 1.54) is 45.3 Å². The van der Waals surface area contributed by atoms with Crippen LogP contribution in [0, 0.1) is 0 Å². The van der Waals surface area contributed by atoms with E-state index in [1.807, 2.05) is 0 Å². The smallest absolute Gasteiger partial charge is 0.191 e. The molecule has 0 aromatic rings. The van der Waals surface area contributed by atoms with Crippen molar-refractivity contribution in [1.29, 1.82) is 0 Å². The number of ether oxygens (including phenoxy) is 1. The van der Waals surface area contributed by atoms with Crippen LogP contribution in [-0.2, 0) is 4.74 Å². The van der Waals surface area contributed by atoms with Crippen molar-refractivity contribution in [2.24, 2.45) is 4.99 Å². The molecule has 3 aliphatic heterocycles. The molecule has 0 aromatic heterocycles. The lowest BCUT2D eigenvalue weighted by Gasteiger charge is -2.43. The summed E-state index contributed by atoms with van der Waals surface area (Å²) in [7, 11) is 0. The predicted molar refractivity (Wildman–Crippen MR) is 123 cm³/mol. The largest absolute Gasteiger partial charge is 0.381 e. The first-order valence-electron chi connectivity index (χ1n) is 10.9. The van der Waals surface area contributed by atoms with Gasteiger partial charge in [0.15, 0.2) is 5.96 Å². The van der Waals surface area contributed by atoms with Crippen molar-refractivity contribution in [2.75, 3.05) is 59.0 Å². The Morgan fingerprint density at radius 3 is 2.48 bits per heavy atom. The summed E-state index contributed by atoms with van der Waals surface area (Å²) in [4.78, 5) is 10.3. The van der Waals surface area contributed by atoms with Crippen molar-refractivity contribution in [2.45, 2.75) is 64.0 Å². The van der Waals surface area contributed by atoms with Crippen LogP contribution in [-0.4, -0.2) is 86.4 Å². The Morgan fingerprint density at radius 1 is 1.07 bits per heavy atom. The highest BCUT2D eigenvalue weighted by atomic mass is 127. The fraction of sp³-hybridized carbons (Fsp3) is 0.950. The van der Waals surface area contributed by atoms with Crippen LogP contribution in [0.4, 0.5) is 0 Å². The molecule has 3 aliphatic rings. The monoisotopic (exact) mass is 493 g/mol. The molecule has 3 heterocycles. The summed E-state index contributed by atoms with van der Waals surface area (Å²) in [6, 6.07) is 0.652. The van der Waals surface area contributed by atoms with E-state index in [9.17, 15) is 0 Å². The third kappa shape index (κ3) is 6.18. The van der Waals surface area contributed by atoms with Crippen molar-refractivity contribution in [3.63, 3.8) is 0 Å². The van der Waals surface area contributed by atoms with Crippen LogP contribution in [0.25, 0.3) is 0 Å². The molecular weight excluding hydrogens is 453 g/mol. The molecule has 0 bridgehead atoms. The molecule has 0 aliphatic carbocycles. The maximum atomic E-state index is 5.67. The second kappa shape index (κ2) is 11.8. The number of likely N-dealkylation sites (tertiary alicyclic amines) is 2. The van der Waals surface area contributed by atoms with E-state index >= 15 is 0 Å². The topological polar surface area (TPSA) is 52.1 Å². The van der Waals surface area contributed by atoms with Crippen molar-refractivity contribution >= 4 is 29.9 Å². The van der Waals surface area contributed by atoms with Crippen molar-refractivity contribution in [3.05, 3.63) is 0 Å². The highest BCUT2D eigenvalue weighted by Crippen LogP contribution is 2.31. The third-order valence-electron chi connectivity index (χ3n) is 6.49. The van der Waals surface area contributed by atoms with Gasteiger partial charge < -0.3 is 15.4 Å². The lowest BCUT2D eigenvalue weighted by Crippen LogP contribution is -2.54. The number of hydrogen-bond donors (Lipinski definition) is 2. The van der Waals surface area contributed by atoms with Crippen LogP contribution in [0.15, 0.2) is 4.99 Å². The zero-order valence-electron chi connectivity index (χ0n) is 17.3. The molecule has 3 saturated heterocycles. The Labute approximate surface area is 182 Å². The zero-order valence-corrected chi connectivity index (χ0v) is 19.7. The first-order valence-corrected chi connectivity index (χ1v) is 10.9. The molecule has 3 fully saturated rings. The Hall–Kier alpha value is -0.120. The van der Waals surface area contributed by atoms with E-state index in [0.29, 0.717) is 6.04 Å². The van der Waals surface area contributed by atoms with Gasteiger partial charge in [-0.1, -0.05) is 6.92 Å². The van der Waals surface area contributed by atoms with E-state index in [4.69, 9.17) is 9.73 Å². The van der Waals surface area contributed by atoms with Crippen molar-refractivity contribution in [3.8, 4) is 0 Å². The number of nitrogens with one attached hydrogen (secondary N) is 2. The minimum Gasteiger partial charge on any atom is -0.381 e. The highest BCUT2D eigenvalue weighted by Gasteiger charge is 2.39. The van der Waals surface area contributed by atoms with Gasteiger partial charge in [0.25, 0.3) is 0 Å². The highest BCUT2D eigenvalue weighted by molar-refractivity contribution is 14.0.